The molecule has 0 saturated carbocycles. The molecule has 2 N–H and O–H groups in total. The van der Waals surface area contributed by atoms with E-state index in [2.05, 4.69) is 38.8 Å². The van der Waals surface area contributed by atoms with E-state index in [0.29, 0.717) is 30.9 Å². The summed E-state index contributed by atoms with van der Waals surface area (Å²) in [5.41, 5.74) is 4.76. The fraction of sp³-hybridized carbons (Fsp3) is 0.400. The van der Waals surface area contributed by atoms with Gasteiger partial charge in [0, 0.05) is 54.0 Å². The molecule has 1 amide bonds. The zero-order chi connectivity index (χ0) is 22.5. The number of β-amino-alcohol motifs (C(OH)–C–C–N with tert-alkyl or cyclic N) is 1. The van der Waals surface area contributed by atoms with Gasteiger partial charge in [-0.3, -0.25) is 14.7 Å². The van der Waals surface area contributed by atoms with Crippen LogP contribution in [0.2, 0.25) is 0 Å². The highest BCUT2D eigenvalue weighted by Crippen LogP contribution is 2.24. The van der Waals surface area contributed by atoms with Crippen molar-refractivity contribution in [3.8, 4) is 0 Å². The van der Waals surface area contributed by atoms with Gasteiger partial charge in [0.15, 0.2) is 0 Å². The largest absolute Gasteiger partial charge is 0.390 e. The quantitative estimate of drug-likeness (QED) is 0.442. The summed E-state index contributed by atoms with van der Waals surface area (Å²) in [6, 6.07) is 14.2. The number of likely N-dealkylation sites (tertiary alicyclic amines) is 1. The van der Waals surface area contributed by atoms with E-state index in [1.165, 1.54) is 19.3 Å². The van der Waals surface area contributed by atoms with Crippen molar-refractivity contribution in [3.05, 3.63) is 66.1 Å². The van der Waals surface area contributed by atoms with Gasteiger partial charge in [-0.1, -0.05) is 30.7 Å². The Hall–Kier alpha value is -3.03. The Labute approximate surface area is 188 Å². The Bertz CT molecular complexity index is 1070. The normalized spacial score (nSPS) is 20.6. The molecule has 4 rings (SSSR count). The Kier molecular flexibility index (Phi) is 6.97. The van der Waals surface area contributed by atoms with Gasteiger partial charge in [0.2, 0.25) is 0 Å². The highest BCUT2D eigenvalue weighted by molar-refractivity contribution is 6.00. The van der Waals surface area contributed by atoms with E-state index in [1.54, 1.807) is 30.6 Å². The van der Waals surface area contributed by atoms with Crippen LogP contribution in [0.3, 0.4) is 0 Å². The maximum absolute atomic E-state index is 12.2. The van der Waals surface area contributed by atoms with Gasteiger partial charge in [0.25, 0.3) is 5.91 Å². The predicted molar refractivity (Wildman–Crippen MR) is 127 cm³/mol. The van der Waals surface area contributed by atoms with Crippen LogP contribution in [-0.2, 0) is 6.54 Å². The minimum atomic E-state index is -0.470. The number of para-hydroxylation sites is 1. The van der Waals surface area contributed by atoms with Gasteiger partial charge in [-0.25, -0.2) is 5.43 Å². The molecule has 7 heteroatoms. The first-order valence-electron chi connectivity index (χ1n) is 11.3. The fourth-order valence-corrected chi connectivity index (χ4v) is 4.61. The van der Waals surface area contributed by atoms with E-state index in [1.807, 2.05) is 30.5 Å². The molecule has 1 aromatic carbocycles. The molecular formula is C25H31N5O2. The molecular weight excluding hydrogens is 402 g/mol. The standard InChI is InChI=1S/C25H31N5O2/c1-18-8-7-9-19(2)30(18)17-21(31)16-29-15-20(22-10-3-4-12-24(22)29)14-27-28-25(32)23-11-5-6-13-26-23/h3-6,10-15,18-19,21,31H,7-9,16-17H2,1-2H3,(H,28,32)/b27-14-/t18-,19+,21-/m1/s1. The highest BCUT2D eigenvalue weighted by atomic mass is 16.3. The molecule has 0 bridgehead atoms. The van der Waals surface area contributed by atoms with Crippen molar-refractivity contribution in [2.45, 2.75) is 57.8 Å². The van der Waals surface area contributed by atoms with Crippen LogP contribution in [0.5, 0.6) is 0 Å². The molecule has 1 aliphatic rings. The van der Waals surface area contributed by atoms with E-state index in [4.69, 9.17) is 0 Å². The number of fused-ring (bicyclic) bond motifs is 1. The first kappa shape index (κ1) is 22.2. The number of aliphatic hydroxyl groups is 1. The van der Waals surface area contributed by atoms with Crippen LogP contribution < -0.4 is 5.43 Å². The SMILES string of the molecule is C[C@@H]1CCC[C@H](C)N1C[C@H](O)Cn1cc(/C=N\NC(=O)c2ccccn2)c2ccccc21. The number of carbonyl (C=O) groups is 1. The number of aliphatic hydroxyl groups excluding tert-OH is 1. The molecule has 1 aliphatic heterocycles. The topological polar surface area (TPSA) is 82.8 Å². The average Bonchev–Trinajstić information content (AvgIpc) is 3.14. The molecule has 0 spiro atoms. The number of amides is 1. The van der Waals surface area contributed by atoms with Crippen molar-refractivity contribution >= 4 is 23.0 Å². The number of carbonyl (C=O) groups excluding carboxylic acids is 1. The molecule has 0 unspecified atom stereocenters. The van der Waals surface area contributed by atoms with Crippen LogP contribution in [0.4, 0.5) is 0 Å². The summed E-state index contributed by atoms with van der Waals surface area (Å²) in [6.07, 6.45) is 8.36. The average molecular weight is 434 g/mol. The number of pyridine rings is 1. The molecule has 2 aromatic heterocycles. The Morgan fingerprint density at radius 1 is 1.19 bits per heavy atom. The zero-order valence-corrected chi connectivity index (χ0v) is 18.7. The maximum Gasteiger partial charge on any atom is 0.289 e. The molecule has 1 fully saturated rings. The third-order valence-electron chi connectivity index (χ3n) is 6.29. The minimum Gasteiger partial charge on any atom is -0.390 e. The summed E-state index contributed by atoms with van der Waals surface area (Å²) in [5.74, 6) is -0.356. The summed E-state index contributed by atoms with van der Waals surface area (Å²) >= 11 is 0. The number of aromatic nitrogens is 2. The van der Waals surface area contributed by atoms with Crippen molar-refractivity contribution in [3.63, 3.8) is 0 Å². The second-order valence-corrected chi connectivity index (χ2v) is 8.65. The summed E-state index contributed by atoms with van der Waals surface area (Å²) in [5, 5.41) is 16.0. The lowest BCUT2D eigenvalue weighted by Crippen LogP contribution is -2.47. The van der Waals surface area contributed by atoms with Crippen molar-refractivity contribution < 1.29 is 9.90 Å². The van der Waals surface area contributed by atoms with Crippen molar-refractivity contribution in [2.75, 3.05) is 6.54 Å². The summed E-state index contributed by atoms with van der Waals surface area (Å²) in [4.78, 5) is 18.6. The highest BCUT2D eigenvalue weighted by Gasteiger charge is 2.26. The smallest absolute Gasteiger partial charge is 0.289 e. The van der Waals surface area contributed by atoms with Crippen molar-refractivity contribution in [2.24, 2.45) is 5.10 Å². The number of nitrogens with one attached hydrogen (secondary N) is 1. The second-order valence-electron chi connectivity index (χ2n) is 8.65. The number of benzene rings is 1. The lowest BCUT2D eigenvalue weighted by molar-refractivity contribution is 0.0352. The minimum absolute atomic E-state index is 0.316. The lowest BCUT2D eigenvalue weighted by atomic mass is 9.97. The van der Waals surface area contributed by atoms with Crippen LogP contribution in [0.15, 0.2) is 60.0 Å². The fourth-order valence-electron chi connectivity index (χ4n) is 4.61. The molecule has 0 aliphatic carbocycles. The predicted octanol–water partition coefficient (Wildman–Crippen LogP) is 3.42. The van der Waals surface area contributed by atoms with E-state index in [9.17, 15) is 9.90 Å². The Morgan fingerprint density at radius 3 is 2.69 bits per heavy atom. The summed E-state index contributed by atoms with van der Waals surface area (Å²) < 4.78 is 2.07. The second kappa shape index (κ2) is 10.1. The van der Waals surface area contributed by atoms with Gasteiger partial charge >= 0.3 is 0 Å². The summed E-state index contributed by atoms with van der Waals surface area (Å²) in [6.45, 7) is 5.67. The molecule has 168 valence electrons. The van der Waals surface area contributed by atoms with Gasteiger partial charge in [0.1, 0.15) is 5.69 Å². The van der Waals surface area contributed by atoms with Gasteiger partial charge in [-0.05, 0) is 44.9 Å². The Balaban J connectivity index is 1.47. The monoisotopic (exact) mass is 433 g/mol. The molecule has 32 heavy (non-hydrogen) atoms. The molecule has 1 saturated heterocycles. The van der Waals surface area contributed by atoms with E-state index < -0.39 is 6.10 Å². The molecule has 3 atom stereocenters. The first-order valence-corrected chi connectivity index (χ1v) is 11.3. The number of rotatable bonds is 7. The molecule has 0 radical (unpaired) electrons. The van der Waals surface area contributed by atoms with Crippen molar-refractivity contribution in [1.29, 1.82) is 0 Å². The van der Waals surface area contributed by atoms with Gasteiger partial charge in [-0.2, -0.15) is 5.10 Å². The lowest BCUT2D eigenvalue weighted by Gasteiger charge is -2.40. The van der Waals surface area contributed by atoms with Crippen LogP contribution in [0, 0.1) is 0 Å². The van der Waals surface area contributed by atoms with Crippen LogP contribution >= 0.6 is 0 Å². The molecule has 3 aromatic rings. The van der Waals surface area contributed by atoms with Crippen LogP contribution in [0.1, 0.15) is 49.2 Å². The van der Waals surface area contributed by atoms with E-state index in [-0.39, 0.29) is 5.91 Å². The number of piperidine rings is 1. The third-order valence-corrected chi connectivity index (χ3v) is 6.29. The van der Waals surface area contributed by atoms with E-state index >= 15 is 0 Å². The number of hydrazone groups is 1. The Morgan fingerprint density at radius 2 is 1.94 bits per heavy atom. The van der Waals surface area contributed by atoms with Gasteiger partial charge < -0.3 is 9.67 Å². The first-order chi connectivity index (χ1) is 15.5. The van der Waals surface area contributed by atoms with Crippen molar-refractivity contribution in [1.82, 2.24) is 19.9 Å². The number of hydrogen-bond donors (Lipinski definition) is 2. The number of nitrogens with zero attached hydrogens (tertiary/aromatic N) is 4. The van der Waals surface area contributed by atoms with Crippen LogP contribution in [-0.4, -0.2) is 56.4 Å². The van der Waals surface area contributed by atoms with Gasteiger partial charge in [-0.15, -0.1) is 0 Å². The third kappa shape index (κ3) is 5.06. The summed E-state index contributed by atoms with van der Waals surface area (Å²) in [7, 11) is 0. The maximum atomic E-state index is 12.2. The van der Waals surface area contributed by atoms with E-state index in [0.717, 1.165) is 16.5 Å². The zero-order valence-electron chi connectivity index (χ0n) is 18.7. The number of hydrogen-bond acceptors (Lipinski definition) is 5. The molecule has 7 nitrogen and oxygen atoms in total. The van der Waals surface area contributed by atoms with Crippen LogP contribution in [0.25, 0.3) is 10.9 Å². The molecule has 3 heterocycles. The van der Waals surface area contributed by atoms with Gasteiger partial charge in [0.05, 0.1) is 12.3 Å².